The molecule has 0 atom stereocenters. The van der Waals surface area contributed by atoms with E-state index in [0.717, 1.165) is 25.4 Å². The third-order valence-corrected chi connectivity index (χ3v) is 12.4. The molecule has 0 saturated carbocycles. The van der Waals surface area contributed by atoms with Crippen molar-refractivity contribution >= 4 is 45.5 Å². The van der Waals surface area contributed by atoms with Crippen molar-refractivity contribution in [2.75, 3.05) is 11.5 Å². The third-order valence-electron chi connectivity index (χ3n) is 7.36. The van der Waals surface area contributed by atoms with Crippen molar-refractivity contribution in [3.05, 3.63) is 130 Å². The molecular weight excluding hydrogens is 505 g/mol. The van der Waals surface area contributed by atoms with Gasteiger partial charge < -0.3 is 0 Å². The summed E-state index contributed by atoms with van der Waals surface area (Å²) < 4.78 is 0. The summed E-state index contributed by atoms with van der Waals surface area (Å²) in [6, 6.07) is 37.4. The van der Waals surface area contributed by atoms with Gasteiger partial charge in [0.2, 0.25) is 0 Å². The number of H-pyrrole nitrogens is 2. The normalized spacial score (nSPS) is 11.8. The Morgan fingerprint density at radius 2 is 1.15 bits per heavy atom. The summed E-state index contributed by atoms with van der Waals surface area (Å²) in [7, 11) is -2.28. The van der Waals surface area contributed by atoms with Crippen molar-refractivity contribution < 1.29 is 4.79 Å². The molecule has 3 N–H and O–H groups in total. The Morgan fingerprint density at radius 1 is 0.615 bits per heavy atom. The molecule has 0 unspecified atom stereocenters. The fourth-order valence-corrected chi connectivity index (χ4v) is 10.4. The van der Waals surface area contributed by atoms with Crippen LogP contribution in [0.5, 0.6) is 0 Å². The van der Waals surface area contributed by atoms with Gasteiger partial charge in [0.05, 0.1) is 0 Å². The van der Waals surface area contributed by atoms with E-state index >= 15 is 0 Å². The van der Waals surface area contributed by atoms with Crippen LogP contribution in [0.25, 0.3) is 10.8 Å². The van der Waals surface area contributed by atoms with E-state index in [1.165, 1.54) is 15.9 Å². The Morgan fingerprint density at radius 3 is 1.72 bits per heavy atom. The molecule has 4 aromatic carbocycles. The number of unbranched alkanes of at least 4 members (excludes halogenated alkanes) is 2. The van der Waals surface area contributed by atoms with Crippen LogP contribution in [0, 0.1) is 0 Å². The van der Waals surface area contributed by atoms with Crippen LogP contribution in [-0.4, -0.2) is 22.3 Å². The van der Waals surface area contributed by atoms with Crippen LogP contribution in [0.1, 0.15) is 25.7 Å². The van der Waals surface area contributed by atoms with E-state index in [9.17, 15) is 14.4 Å². The van der Waals surface area contributed by atoms with Crippen molar-refractivity contribution in [3.8, 4) is 0 Å². The zero-order valence-electron chi connectivity index (χ0n) is 21.7. The Balaban J connectivity index is 1.30. The van der Waals surface area contributed by atoms with Gasteiger partial charge in [-0.25, -0.2) is 0 Å². The first-order chi connectivity index (χ1) is 19.1. The number of benzene rings is 4. The molecule has 6 nitrogen and oxygen atoms in total. The second-order valence-electron chi connectivity index (χ2n) is 9.75. The molecular formula is C32H32N3O3P. The van der Waals surface area contributed by atoms with Crippen LogP contribution >= 0.6 is 7.26 Å². The average Bonchev–Trinajstić information content (AvgIpc) is 2.98. The average molecular weight is 538 g/mol. The van der Waals surface area contributed by atoms with E-state index in [-0.39, 0.29) is 16.7 Å². The Hall–Kier alpha value is -4.28. The number of rotatable bonds is 10. The maximum atomic E-state index is 12.8. The van der Waals surface area contributed by atoms with Gasteiger partial charge in [0.1, 0.15) is 0 Å². The van der Waals surface area contributed by atoms with E-state index in [4.69, 9.17) is 0 Å². The molecule has 0 radical (unpaired) electrons. The number of anilines is 1. The molecule has 7 heteroatoms. The van der Waals surface area contributed by atoms with Gasteiger partial charge in [0, 0.05) is 0 Å². The van der Waals surface area contributed by atoms with Gasteiger partial charge in [-0.1, -0.05) is 0 Å². The third kappa shape index (κ3) is 5.62. The second-order valence-corrected chi connectivity index (χ2v) is 13.8. The van der Waals surface area contributed by atoms with Crippen molar-refractivity contribution in [3.63, 3.8) is 0 Å². The van der Waals surface area contributed by atoms with E-state index in [1.54, 1.807) is 18.2 Å². The van der Waals surface area contributed by atoms with Crippen LogP contribution in [0.2, 0.25) is 0 Å². The van der Waals surface area contributed by atoms with Gasteiger partial charge in [0.15, 0.2) is 0 Å². The summed E-state index contributed by atoms with van der Waals surface area (Å²) in [5.41, 5.74) is -0.485. The molecule has 1 heterocycles. The fourth-order valence-electron chi connectivity index (χ4n) is 5.50. The van der Waals surface area contributed by atoms with Gasteiger partial charge in [-0.2, -0.15) is 0 Å². The Kier molecular flexibility index (Phi) is 8.14. The summed E-state index contributed by atoms with van der Waals surface area (Å²) in [5.74, 6) is -0.167. The summed E-state index contributed by atoms with van der Waals surface area (Å²) >= 11 is 0. The van der Waals surface area contributed by atoms with Gasteiger partial charge in [-0.3, -0.25) is 0 Å². The zero-order valence-corrected chi connectivity index (χ0v) is 22.7. The first-order valence-electron chi connectivity index (χ1n) is 13.3. The predicted molar refractivity (Wildman–Crippen MR) is 164 cm³/mol. The van der Waals surface area contributed by atoms with E-state index in [0.29, 0.717) is 12.1 Å². The minimum atomic E-state index is -2.28. The topological polar surface area (TPSA) is 94.8 Å². The summed E-state index contributed by atoms with van der Waals surface area (Å²) in [6.07, 6.45) is 4.00. The molecule has 5 aromatic rings. The maximum absolute atomic E-state index is 12.8. The van der Waals surface area contributed by atoms with E-state index < -0.39 is 18.4 Å². The molecule has 0 aliphatic carbocycles. The molecule has 0 aliphatic heterocycles. The number of hydrogen-bond acceptors (Lipinski definition) is 3. The number of fused-ring (bicyclic) bond motifs is 1. The number of amides is 1. The molecule has 0 aliphatic rings. The summed E-state index contributed by atoms with van der Waals surface area (Å²) in [4.78, 5) is 37.1. The second kappa shape index (κ2) is 12.1. The fraction of sp³-hybridized carbons (Fsp3) is 0.156. The molecule has 39 heavy (non-hydrogen) atoms. The SMILES string of the molecule is O=C(CCCCC[PH](c1ccccc1)(c1ccccc1)c1ccccc1)Nc1cccc2c(=O)[nH][nH]c(=O)c12. The number of hydrogen-bond donors (Lipinski definition) is 3. The molecule has 0 saturated heterocycles. The summed E-state index contributed by atoms with van der Waals surface area (Å²) in [6.45, 7) is 0. The van der Waals surface area contributed by atoms with Gasteiger partial charge >= 0.3 is 228 Å². The number of aromatic amines is 2. The van der Waals surface area contributed by atoms with Crippen molar-refractivity contribution in [2.45, 2.75) is 25.7 Å². The Bertz CT molecular complexity index is 1570. The predicted octanol–water partition coefficient (Wildman–Crippen LogP) is 4.44. The monoisotopic (exact) mass is 537 g/mol. The van der Waals surface area contributed by atoms with E-state index in [2.05, 4.69) is 107 Å². The molecule has 0 spiro atoms. The standard InChI is InChI=1S/C32H32N3O3P/c36-29(33-28-21-13-20-27-30(28)32(38)35-34-31(27)37)22-11-4-12-23-39(24-14-5-1-6-15-24,25-16-7-2-8-17-25)26-18-9-3-10-19-26/h1-3,5-10,13-21,39H,4,11-12,22-23H2,(H,33,36)(H,34,37)(H,35,38). The van der Waals surface area contributed by atoms with Crippen molar-refractivity contribution in [2.24, 2.45) is 0 Å². The van der Waals surface area contributed by atoms with Crippen LogP contribution in [-0.2, 0) is 4.79 Å². The van der Waals surface area contributed by atoms with Crippen LogP contribution < -0.4 is 32.3 Å². The van der Waals surface area contributed by atoms with Gasteiger partial charge in [-0.15, -0.1) is 0 Å². The molecule has 1 amide bonds. The van der Waals surface area contributed by atoms with Crippen molar-refractivity contribution in [1.29, 1.82) is 0 Å². The zero-order chi connectivity index (χ0) is 27.1. The number of nitrogens with one attached hydrogen (secondary N) is 3. The molecule has 5 rings (SSSR count). The van der Waals surface area contributed by atoms with Crippen molar-refractivity contribution in [1.82, 2.24) is 10.2 Å². The molecule has 198 valence electrons. The number of aromatic nitrogens is 2. The molecule has 1 aromatic heterocycles. The first kappa shape index (κ1) is 26.3. The first-order valence-corrected chi connectivity index (χ1v) is 15.5. The number of carbonyl (C=O) groups excluding carboxylic acids is 1. The quantitative estimate of drug-likeness (QED) is 0.182. The van der Waals surface area contributed by atoms with Gasteiger partial charge in [0.25, 0.3) is 0 Å². The minimum absolute atomic E-state index is 0.167. The van der Waals surface area contributed by atoms with Gasteiger partial charge in [-0.05, 0) is 0 Å². The molecule has 0 fully saturated rings. The van der Waals surface area contributed by atoms with Crippen LogP contribution in [0.15, 0.2) is 119 Å². The number of carbonyl (C=O) groups is 1. The van der Waals surface area contributed by atoms with E-state index in [1.807, 2.05) is 0 Å². The Labute approximate surface area is 227 Å². The summed E-state index contributed by atoms with van der Waals surface area (Å²) in [5, 5.41) is 12.1. The van der Waals surface area contributed by atoms with Crippen LogP contribution in [0.4, 0.5) is 5.69 Å². The molecule has 0 bridgehead atoms. The van der Waals surface area contributed by atoms with Crippen LogP contribution in [0.3, 0.4) is 0 Å².